The zero-order valence-corrected chi connectivity index (χ0v) is 15.6. The molecule has 7 nitrogen and oxygen atoms in total. The number of methoxy groups -OCH3 is 2. The molecule has 26 heavy (non-hydrogen) atoms. The Bertz CT molecular complexity index is 647. The van der Waals surface area contributed by atoms with Crippen molar-refractivity contribution < 1.29 is 28.9 Å². The minimum Gasteiger partial charge on any atom is -0.493 e. The van der Waals surface area contributed by atoms with Crippen LogP contribution in [0.3, 0.4) is 0 Å². The molecule has 1 aromatic carbocycles. The van der Waals surface area contributed by atoms with Crippen LogP contribution >= 0.6 is 0 Å². The number of hydrogen-bond acceptors (Lipinski definition) is 5. The first kappa shape index (κ1) is 20.0. The van der Waals surface area contributed by atoms with Crippen LogP contribution in [0.4, 0.5) is 0 Å². The monoisotopic (exact) mass is 365 g/mol. The number of amides is 1. The maximum Gasteiger partial charge on any atom is 0.313 e. The highest BCUT2D eigenvalue weighted by Crippen LogP contribution is 2.34. The van der Waals surface area contributed by atoms with Gasteiger partial charge in [-0.05, 0) is 31.0 Å². The summed E-state index contributed by atoms with van der Waals surface area (Å²) in [5, 5.41) is 9.53. The van der Waals surface area contributed by atoms with E-state index in [1.807, 2.05) is 0 Å². The molecule has 1 unspecified atom stereocenters. The molecule has 1 amide bonds. The van der Waals surface area contributed by atoms with Crippen molar-refractivity contribution in [3.05, 3.63) is 23.8 Å². The second-order valence-corrected chi connectivity index (χ2v) is 6.56. The largest absolute Gasteiger partial charge is 0.493 e. The van der Waals surface area contributed by atoms with E-state index < -0.39 is 11.4 Å². The van der Waals surface area contributed by atoms with Gasteiger partial charge in [-0.15, -0.1) is 0 Å². The molecule has 0 spiro atoms. The van der Waals surface area contributed by atoms with Gasteiger partial charge in [-0.2, -0.15) is 0 Å². The molecule has 144 valence electrons. The zero-order valence-electron chi connectivity index (χ0n) is 15.6. The molecule has 0 saturated carbocycles. The van der Waals surface area contributed by atoms with Gasteiger partial charge in [-0.25, -0.2) is 0 Å². The molecule has 2 rings (SSSR count). The van der Waals surface area contributed by atoms with Crippen LogP contribution in [-0.2, 0) is 9.53 Å². The molecule has 1 atom stereocenters. The number of carbonyl (C=O) groups excluding carboxylic acids is 1. The van der Waals surface area contributed by atoms with E-state index in [0.717, 1.165) is 12.8 Å². The topological polar surface area (TPSA) is 85.3 Å². The Morgan fingerprint density at radius 1 is 1.27 bits per heavy atom. The standard InChI is InChI=1S/C19H27NO6/c1-4-5-10-26-15-7-6-14(11-16(15)25-3)17(21)20-9-8-19(12-20,13-24-2)18(22)23/h6-7,11H,4-5,8-10,12-13H2,1-3H3,(H,22,23). The Morgan fingerprint density at radius 2 is 2.04 bits per heavy atom. The highest BCUT2D eigenvalue weighted by atomic mass is 16.5. The van der Waals surface area contributed by atoms with Crippen LogP contribution < -0.4 is 9.47 Å². The van der Waals surface area contributed by atoms with E-state index in [9.17, 15) is 14.7 Å². The zero-order chi connectivity index (χ0) is 19.2. The maximum absolute atomic E-state index is 12.8. The third-order valence-corrected chi connectivity index (χ3v) is 4.68. The molecule has 0 bridgehead atoms. The summed E-state index contributed by atoms with van der Waals surface area (Å²) in [6.45, 7) is 3.26. The number of carboxylic acids is 1. The molecule has 1 aliphatic rings. The minimum absolute atomic E-state index is 0.0830. The highest BCUT2D eigenvalue weighted by Gasteiger charge is 2.46. The van der Waals surface area contributed by atoms with Crippen LogP contribution in [0.15, 0.2) is 18.2 Å². The lowest BCUT2D eigenvalue weighted by molar-refractivity contribution is -0.151. The summed E-state index contributed by atoms with van der Waals surface area (Å²) in [5.41, 5.74) is -0.596. The molecule has 1 N–H and O–H groups in total. The number of aliphatic carboxylic acids is 1. The molecule has 7 heteroatoms. The number of benzene rings is 1. The van der Waals surface area contributed by atoms with E-state index in [-0.39, 0.29) is 19.1 Å². The number of carboxylic acid groups (broad SMARTS) is 1. The first-order valence-corrected chi connectivity index (χ1v) is 8.80. The second-order valence-electron chi connectivity index (χ2n) is 6.56. The Hall–Kier alpha value is -2.28. The summed E-state index contributed by atoms with van der Waals surface area (Å²) in [6, 6.07) is 5.04. The summed E-state index contributed by atoms with van der Waals surface area (Å²) >= 11 is 0. The van der Waals surface area contributed by atoms with E-state index in [0.29, 0.717) is 36.6 Å². The highest BCUT2D eigenvalue weighted by molar-refractivity contribution is 5.95. The third-order valence-electron chi connectivity index (χ3n) is 4.68. The van der Waals surface area contributed by atoms with Gasteiger partial charge in [0.1, 0.15) is 5.41 Å². The van der Waals surface area contributed by atoms with E-state index in [1.54, 1.807) is 23.1 Å². The van der Waals surface area contributed by atoms with Crippen molar-refractivity contribution in [1.82, 2.24) is 4.90 Å². The Morgan fingerprint density at radius 3 is 2.65 bits per heavy atom. The van der Waals surface area contributed by atoms with Gasteiger partial charge >= 0.3 is 5.97 Å². The number of hydrogen-bond donors (Lipinski definition) is 1. The van der Waals surface area contributed by atoms with Gasteiger partial charge in [0.2, 0.25) is 0 Å². The van der Waals surface area contributed by atoms with Gasteiger partial charge in [-0.3, -0.25) is 9.59 Å². The molecule has 1 aromatic rings. The van der Waals surface area contributed by atoms with E-state index in [4.69, 9.17) is 14.2 Å². The summed E-state index contributed by atoms with van der Waals surface area (Å²) in [6.07, 6.45) is 2.34. The summed E-state index contributed by atoms with van der Waals surface area (Å²) in [4.78, 5) is 26.0. The number of unbranched alkanes of at least 4 members (excludes halogenated alkanes) is 1. The van der Waals surface area contributed by atoms with Crippen molar-refractivity contribution in [3.8, 4) is 11.5 Å². The Labute approximate surface area is 153 Å². The third kappa shape index (κ3) is 4.27. The van der Waals surface area contributed by atoms with Crippen LogP contribution in [0.5, 0.6) is 11.5 Å². The summed E-state index contributed by atoms with van der Waals surface area (Å²) in [7, 11) is 3.00. The predicted molar refractivity (Wildman–Crippen MR) is 95.9 cm³/mol. The molecule has 1 fully saturated rings. The van der Waals surface area contributed by atoms with Crippen molar-refractivity contribution in [1.29, 1.82) is 0 Å². The molecule has 1 heterocycles. The summed E-state index contributed by atoms with van der Waals surface area (Å²) in [5.74, 6) is -0.0692. The van der Waals surface area contributed by atoms with Crippen molar-refractivity contribution in [3.63, 3.8) is 0 Å². The van der Waals surface area contributed by atoms with Gasteiger partial charge in [0, 0.05) is 25.8 Å². The van der Waals surface area contributed by atoms with Crippen LogP contribution in [0, 0.1) is 5.41 Å². The average molecular weight is 365 g/mol. The lowest BCUT2D eigenvalue weighted by Gasteiger charge is -2.24. The first-order chi connectivity index (χ1) is 12.5. The molecule has 0 aromatic heterocycles. The number of nitrogens with zero attached hydrogens (tertiary/aromatic N) is 1. The fourth-order valence-electron chi connectivity index (χ4n) is 3.11. The molecule has 0 aliphatic carbocycles. The van der Waals surface area contributed by atoms with Crippen LogP contribution in [0.25, 0.3) is 0 Å². The first-order valence-electron chi connectivity index (χ1n) is 8.80. The van der Waals surface area contributed by atoms with Gasteiger partial charge < -0.3 is 24.2 Å². The van der Waals surface area contributed by atoms with Crippen molar-refractivity contribution in [2.45, 2.75) is 26.2 Å². The van der Waals surface area contributed by atoms with Crippen LogP contribution in [0.2, 0.25) is 0 Å². The Balaban J connectivity index is 2.13. The Kier molecular flexibility index (Phi) is 6.85. The number of carbonyl (C=O) groups is 2. The average Bonchev–Trinajstić information content (AvgIpc) is 3.07. The molecule has 0 radical (unpaired) electrons. The lowest BCUT2D eigenvalue weighted by atomic mass is 9.88. The molecular weight excluding hydrogens is 338 g/mol. The fraction of sp³-hybridized carbons (Fsp3) is 0.579. The normalized spacial score (nSPS) is 19.4. The number of ether oxygens (including phenoxy) is 3. The van der Waals surface area contributed by atoms with Gasteiger partial charge in [0.05, 0.1) is 20.3 Å². The van der Waals surface area contributed by atoms with Crippen molar-refractivity contribution in [2.24, 2.45) is 5.41 Å². The van der Waals surface area contributed by atoms with E-state index >= 15 is 0 Å². The van der Waals surface area contributed by atoms with E-state index in [2.05, 4.69) is 6.92 Å². The van der Waals surface area contributed by atoms with Gasteiger partial charge in [0.15, 0.2) is 11.5 Å². The fourth-order valence-corrected chi connectivity index (χ4v) is 3.11. The molecule has 1 saturated heterocycles. The number of rotatable bonds is 9. The predicted octanol–water partition coefficient (Wildman–Crippen LogP) is 2.44. The molecule has 1 aliphatic heterocycles. The second kappa shape index (κ2) is 8.89. The van der Waals surface area contributed by atoms with Crippen molar-refractivity contribution >= 4 is 11.9 Å². The lowest BCUT2D eigenvalue weighted by Crippen LogP contribution is -2.40. The SMILES string of the molecule is CCCCOc1ccc(C(=O)N2CCC(COC)(C(=O)O)C2)cc1OC. The van der Waals surface area contributed by atoms with Gasteiger partial charge in [0.25, 0.3) is 5.91 Å². The van der Waals surface area contributed by atoms with Crippen molar-refractivity contribution in [2.75, 3.05) is 40.5 Å². The summed E-state index contributed by atoms with van der Waals surface area (Å²) < 4.78 is 16.1. The maximum atomic E-state index is 12.8. The van der Waals surface area contributed by atoms with E-state index in [1.165, 1.54) is 14.2 Å². The van der Waals surface area contributed by atoms with Crippen LogP contribution in [0.1, 0.15) is 36.5 Å². The molecular formula is C19H27NO6. The quantitative estimate of drug-likeness (QED) is 0.677. The minimum atomic E-state index is -1.04. The number of likely N-dealkylation sites (tertiary alicyclic amines) is 1. The van der Waals surface area contributed by atoms with Crippen LogP contribution in [-0.4, -0.2) is 62.4 Å². The smallest absolute Gasteiger partial charge is 0.313 e. The van der Waals surface area contributed by atoms with Gasteiger partial charge in [-0.1, -0.05) is 13.3 Å².